The summed E-state index contributed by atoms with van der Waals surface area (Å²) in [5, 5.41) is 0. The molecule has 0 amide bonds. The molecule has 2 aromatic heterocycles. The van der Waals surface area contributed by atoms with Crippen LogP contribution < -0.4 is 20.6 Å². The number of carbonyl (C=O) groups is 1. The zero-order valence-corrected chi connectivity index (χ0v) is 31.1. The maximum Gasteiger partial charge on any atom is 0.200 e. The number of ether oxygens (including phenoxy) is 5. The molecule has 10 nitrogen and oxygen atoms in total. The van der Waals surface area contributed by atoms with E-state index < -0.39 is 28.7 Å². The van der Waals surface area contributed by atoms with E-state index in [1.54, 1.807) is 35.0 Å². The molecule has 0 saturated carbocycles. The predicted molar refractivity (Wildman–Crippen MR) is 204 cm³/mol. The van der Waals surface area contributed by atoms with Gasteiger partial charge in [-0.3, -0.25) is 9.59 Å². The van der Waals surface area contributed by atoms with E-state index in [4.69, 9.17) is 29.4 Å². The second-order valence-corrected chi connectivity index (χ2v) is 14.4. The number of pyridine rings is 2. The first-order chi connectivity index (χ1) is 27.0. The number of nitrogen functional groups attached to an aromatic ring is 1. The van der Waals surface area contributed by atoms with Crippen LogP contribution in [0.1, 0.15) is 35.7 Å². The molecule has 4 heterocycles. The van der Waals surface area contributed by atoms with E-state index in [9.17, 15) is 14.0 Å². The molecule has 0 spiro atoms. The number of ketones is 1. The molecule has 0 radical (unpaired) electrons. The Balaban J connectivity index is 1.14. The zero-order valence-electron chi connectivity index (χ0n) is 31.1. The van der Waals surface area contributed by atoms with Crippen molar-refractivity contribution < 1.29 is 41.7 Å². The Kier molecular flexibility index (Phi) is 11.6. The lowest BCUT2D eigenvalue weighted by atomic mass is 9.82. The first-order valence-electron chi connectivity index (χ1n) is 18.4. The summed E-state index contributed by atoms with van der Waals surface area (Å²) in [5.74, 6) is -1.85. The Hall–Kier alpha value is -5.50. The number of methoxy groups -OCH3 is 1. The second kappa shape index (κ2) is 16.7. The molecule has 3 aromatic carbocycles. The summed E-state index contributed by atoms with van der Waals surface area (Å²) >= 11 is 0. The molecule has 1 atom stereocenters. The number of anilines is 1. The van der Waals surface area contributed by atoms with Gasteiger partial charge >= 0.3 is 0 Å². The maximum absolute atomic E-state index is 15.9. The highest BCUT2D eigenvalue weighted by atomic mass is 19.1. The first kappa shape index (κ1) is 38.8. The Morgan fingerprint density at radius 2 is 1.64 bits per heavy atom. The van der Waals surface area contributed by atoms with Gasteiger partial charge in [-0.25, -0.2) is 18.2 Å². The summed E-state index contributed by atoms with van der Waals surface area (Å²) in [7, 11) is 1.53. The minimum atomic E-state index is -0.924. The van der Waals surface area contributed by atoms with Crippen LogP contribution in [0.25, 0.3) is 33.4 Å². The van der Waals surface area contributed by atoms with Crippen LogP contribution in [0.3, 0.4) is 0 Å². The topological polar surface area (TPSA) is 124 Å². The van der Waals surface area contributed by atoms with E-state index in [0.29, 0.717) is 80.4 Å². The van der Waals surface area contributed by atoms with E-state index in [1.165, 1.54) is 37.7 Å². The van der Waals surface area contributed by atoms with Crippen LogP contribution in [-0.4, -0.2) is 68.2 Å². The lowest BCUT2D eigenvalue weighted by Gasteiger charge is -2.34. The number of rotatable bonds is 12. The molecule has 56 heavy (non-hydrogen) atoms. The quantitative estimate of drug-likeness (QED) is 0.130. The van der Waals surface area contributed by atoms with Crippen molar-refractivity contribution in [2.75, 3.05) is 52.5 Å². The van der Waals surface area contributed by atoms with Crippen molar-refractivity contribution in [1.29, 1.82) is 0 Å². The van der Waals surface area contributed by atoms with Gasteiger partial charge in [0.15, 0.2) is 22.7 Å². The van der Waals surface area contributed by atoms with E-state index in [0.717, 1.165) is 24.5 Å². The molecule has 2 saturated heterocycles. The third-order valence-corrected chi connectivity index (χ3v) is 10.3. The van der Waals surface area contributed by atoms with Gasteiger partial charge in [0.25, 0.3) is 0 Å². The van der Waals surface area contributed by atoms with Gasteiger partial charge in [-0.2, -0.15) is 0 Å². The number of hydrogen-bond acceptors (Lipinski definition) is 9. The van der Waals surface area contributed by atoms with Crippen LogP contribution in [-0.2, 0) is 27.2 Å². The predicted octanol–water partition coefficient (Wildman–Crippen LogP) is 7.29. The Morgan fingerprint density at radius 3 is 2.38 bits per heavy atom. The molecule has 2 N–H and O–H groups in total. The molecule has 2 aliphatic rings. The smallest absolute Gasteiger partial charge is 0.200 e. The standard InChI is InChI=1S/C43H42F3N3O7/c1-43(9-11-53-12-10-43)25-49-21-34(32-7-5-29(44)19-37(32)46)41(51)35(22-49)38(50)16-26-3-6-31(36(45)15-26)33-17-28(20-48-42(33)47)27-4-8-39(40(18-27)52-2)56-24-30-23-54-13-14-55-30/h3-8,15,17-22,30H,9-14,16,23-25H2,1-2H3,(H2,47,48)/t30-/m1/s1. The van der Waals surface area contributed by atoms with Crippen molar-refractivity contribution in [2.24, 2.45) is 5.41 Å². The van der Waals surface area contributed by atoms with Crippen LogP contribution in [0.15, 0.2) is 84.0 Å². The number of nitrogens with two attached hydrogens (primary N) is 1. The van der Waals surface area contributed by atoms with Gasteiger partial charge in [0.05, 0.1) is 32.5 Å². The summed E-state index contributed by atoms with van der Waals surface area (Å²) in [6.45, 7) is 5.46. The monoisotopic (exact) mass is 769 g/mol. The van der Waals surface area contributed by atoms with Crippen molar-refractivity contribution in [1.82, 2.24) is 9.55 Å². The van der Waals surface area contributed by atoms with Crippen molar-refractivity contribution in [3.8, 4) is 44.9 Å². The fourth-order valence-corrected chi connectivity index (χ4v) is 7.08. The van der Waals surface area contributed by atoms with Crippen molar-refractivity contribution in [3.63, 3.8) is 0 Å². The summed E-state index contributed by atoms with van der Waals surface area (Å²) in [6, 6.07) is 14.4. The lowest BCUT2D eigenvalue weighted by Crippen LogP contribution is -2.33. The molecular weight excluding hydrogens is 727 g/mol. The molecule has 7 rings (SSSR count). The number of aromatic nitrogens is 2. The van der Waals surface area contributed by atoms with Gasteiger partial charge in [-0.05, 0) is 65.8 Å². The third kappa shape index (κ3) is 8.65. The molecule has 0 unspecified atom stereocenters. The minimum Gasteiger partial charge on any atom is -0.493 e. The van der Waals surface area contributed by atoms with E-state index >= 15 is 8.78 Å². The van der Waals surface area contributed by atoms with Crippen molar-refractivity contribution >= 4 is 11.6 Å². The van der Waals surface area contributed by atoms with Crippen LogP contribution in [0, 0.1) is 22.9 Å². The fraction of sp³-hybridized carbons (Fsp3) is 0.326. The van der Waals surface area contributed by atoms with Gasteiger partial charge in [-0.15, -0.1) is 0 Å². The number of Topliss-reactive ketones (excluding diaryl/α,β-unsaturated/α-hetero) is 1. The molecular formula is C43H42F3N3O7. The Labute approximate surface area is 321 Å². The second-order valence-electron chi connectivity index (χ2n) is 14.4. The highest BCUT2D eigenvalue weighted by molar-refractivity contribution is 5.98. The van der Waals surface area contributed by atoms with Crippen LogP contribution in [0.2, 0.25) is 0 Å². The third-order valence-electron chi connectivity index (χ3n) is 10.3. The van der Waals surface area contributed by atoms with E-state index in [1.807, 2.05) is 6.07 Å². The molecule has 2 aliphatic heterocycles. The molecule has 0 bridgehead atoms. The van der Waals surface area contributed by atoms with Crippen LogP contribution in [0.5, 0.6) is 11.5 Å². The number of nitrogens with zero attached hydrogens (tertiary/aromatic N) is 2. The van der Waals surface area contributed by atoms with Gasteiger partial charge in [0, 0.05) is 78.7 Å². The maximum atomic E-state index is 15.9. The largest absolute Gasteiger partial charge is 0.493 e. The molecule has 292 valence electrons. The molecule has 0 aliphatic carbocycles. The first-order valence-corrected chi connectivity index (χ1v) is 18.4. The van der Waals surface area contributed by atoms with Gasteiger partial charge in [0.2, 0.25) is 0 Å². The molecule has 2 fully saturated rings. The Bertz CT molecular complexity index is 2300. The molecule has 5 aromatic rings. The fourth-order valence-electron chi connectivity index (χ4n) is 7.08. The minimum absolute atomic E-state index is 0.0719. The zero-order chi connectivity index (χ0) is 39.4. The van der Waals surface area contributed by atoms with Gasteiger partial charge in [-0.1, -0.05) is 25.1 Å². The number of hydrogen-bond donors (Lipinski definition) is 1. The summed E-state index contributed by atoms with van der Waals surface area (Å²) < 4.78 is 74.6. The summed E-state index contributed by atoms with van der Waals surface area (Å²) in [5.41, 5.74) is 7.14. The number of benzene rings is 3. The van der Waals surface area contributed by atoms with Gasteiger partial charge in [0.1, 0.15) is 36.0 Å². The SMILES string of the molecule is COc1cc(-c2cnc(N)c(-c3ccc(CC(=O)c4cn(CC5(C)CCOCC5)cc(-c5ccc(F)cc5F)c4=O)cc3F)c2)ccc1OC[C@H]1COCCO1. The van der Waals surface area contributed by atoms with Crippen LogP contribution in [0.4, 0.5) is 19.0 Å². The van der Waals surface area contributed by atoms with Crippen molar-refractivity contribution in [2.45, 2.75) is 38.8 Å². The number of carbonyl (C=O) groups excluding carboxylic acids is 1. The van der Waals surface area contributed by atoms with Crippen molar-refractivity contribution in [3.05, 3.63) is 118 Å². The van der Waals surface area contributed by atoms with E-state index in [-0.39, 0.29) is 46.0 Å². The normalized spacial score (nSPS) is 16.7. The van der Waals surface area contributed by atoms with E-state index in [2.05, 4.69) is 11.9 Å². The molecule has 13 heteroatoms. The average molecular weight is 770 g/mol. The highest BCUT2D eigenvalue weighted by Crippen LogP contribution is 2.37. The van der Waals surface area contributed by atoms with Gasteiger partial charge < -0.3 is 34.0 Å². The summed E-state index contributed by atoms with van der Waals surface area (Å²) in [4.78, 5) is 31.9. The van der Waals surface area contributed by atoms with Crippen LogP contribution >= 0.6 is 0 Å². The average Bonchev–Trinajstić information content (AvgIpc) is 3.19. The lowest BCUT2D eigenvalue weighted by molar-refractivity contribution is -0.101. The summed E-state index contributed by atoms with van der Waals surface area (Å²) in [6.07, 6.45) is 5.54. The Morgan fingerprint density at radius 1 is 0.875 bits per heavy atom. The number of halogens is 3. The highest BCUT2D eigenvalue weighted by Gasteiger charge is 2.29.